The Kier molecular flexibility index (Phi) is 5.33. The Morgan fingerprint density at radius 1 is 1.15 bits per heavy atom. The van der Waals surface area contributed by atoms with Crippen LogP contribution in [0.5, 0.6) is 0 Å². The van der Waals surface area contributed by atoms with E-state index in [0.717, 1.165) is 32.2 Å². The predicted molar refractivity (Wildman–Crippen MR) is 92.0 cm³/mol. The number of aromatic nitrogens is 2. The number of nitrogens with zero attached hydrogens (tertiary/aromatic N) is 4. The highest BCUT2D eigenvalue weighted by Gasteiger charge is 2.43. The molecular weight excluding hydrogens is 345 g/mol. The first-order chi connectivity index (χ1) is 12.2. The maximum Gasteiger partial charge on any atom is 0.435 e. The lowest BCUT2D eigenvalue weighted by atomic mass is 9.99. The highest BCUT2D eigenvalue weighted by molar-refractivity contribution is 5.96. The lowest BCUT2D eigenvalue weighted by molar-refractivity contribution is -0.142. The number of carbonyl (C=O) groups is 1. The average Bonchev–Trinajstić information content (AvgIpc) is 2.92. The zero-order chi connectivity index (χ0) is 19.1. The molecular formula is C18H27F3N4O. The molecule has 146 valence electrons. The molecule has 0 N–H and O–H groups in total. The van der Waals surface area contributed by atoms with Crippen LogP contribution in [0.25, 0.3) is 0 Å². The van der Waals surface area contributed by atoms with Gasteiger partial charge in [0.05, 0.1) is 11.6 Å². The Bertz CT molecular complexity index is 670. The second-order valence-electron chi connectivity index (χ2n) is 7.81. The molecule has 0 unspecified atom stereocenters. The first kappa shape index (κ1) is 19.2. The highest BCUT2D eigenvalue weighted by Crippen LogP contribution is 2.35. The van der Waals surface area contributed by atoms with Crippen molar-refractivity contribution in [2.45, 2.75) is 51.7 Å². The first-order valence-corrected chi connectivity index (χ1v) is 9.32. The molecule has 0 radical (unpaired) electrons. The van der Waals surface area contributed by atoms with Crippen LogP contribution in [0.2, 0.25) is 0 Å². The summed E-state index contributed by atoms with van der Waals surface area (Å²) >= 11 is 0. The summed E-state index contributed by atoms with van der Waals surface area (Å²) in [6, 6.07) is -0.128. The van der Waals surface area contributed by atoms with E-state index in [0.29, 0.717) is 31.2 Å². The fourth-order valence-corrected chi connectivity index (χ4v) is 4.20. The van der Waals surface area contributed by atoms with Crippen molar-refractivity contribution in [1.82, 2.24) is 19.6 Å². The van der Waals surface area contributed by atoms with Crippen molar-refractivity contribution in [3.05, 3.63) is 17.0 Å². The van der Waals surface area contributed by atoms with Crippen LogP contribution >= 0.6 is 0 Å². The molecule has 5 nitrogen and oxygen atoms in total. The molecule has 1 aromatic rings. The van der Waals surface area contributed by atoms with Gasteiger partial charge in [0.15, 0.2) is 5.69 Å². The van der Waals surface area contributed by atoms with Crippen molar-refractivity contribution in [2.75, 3.05) is 33.2 Å². The van der Waals surface area contributed by atoms with E-state index in [-0.39, 0.29) is 11.6 Å². The smallest absolute Gasteiger partial charge is 0.338 e. The number of likely N-dealkylation sites (tertiary alicyclic amines) is 2. The maximum atomic E-state index is 13.6. The molecule has 0 saturated carbocycles. The Morgan fingerprint density at radius 3 is 2.46 bits per heavy atom. The van der Waals surface area contributed by atoms with Crippen molar-refractivity contribution < 1.29 is 18.0 Å². The molecule has 0 spiro atoms. The molecule has 8 heteroatoms. The van der Waals surface area contributed by atoms with Crippen LogP contribution in [0, 0.1) is 12.8 Å². The molecule has 2 aliphatic heterocycles. The van der Waals surface area contributed by atoms with Gasteiger partial charge in [-0.2, -0.15) is 18.3 Å². The van der Waals surface area contributed by atoms with Gasteiger partial charge in [0, 0.05) is 25.3 Å². The molecule has 0 aromatic carbocycles. The van der Waals surface area contributed by atoms with Gasteiger partial charge in [-0.1, -0.05) is 6.92 Å². The topological polar surface area (TPSA) is 41.4 Å². The number of alkyl halides is 3. The molecule has 2 aliphatic rings. The number of carbonyl (C=O) groups excluding carboxylic acids is 1. The molecule has 2 saturated heterocycles. The van der Waals surface area contributed by atoms with Gasteiger partial charge in [-0.15, -0.1) is 0 Å². The van der Waals surface area contributed by atoms with Crippen molar-refractivity contribution in [3.63, 3.8) is 0 Å². The van der Waals surface area contributed by atoms with Crippen LogP contribution < -0.4 is 0 Å². The van der Waals surface area contributed by atoms with E-state index in [1.165, 1.54) is 4.68 Å². The largest absolute Gasteiger partial charge is 0.435 e. The fraction of sp³-hybridized carbons (Fsp3) is 0.778. The molecule has 1 aromatic heterocycles. The Labute approximate surface area is 152 Å². The number of rotatable bonds is 2. The van der Waals surface area contributed by atoms with E-state index in [1.54, 1.807) is 11.8 Å². The number of likely N-dealkylation sites (N-methyl/N-ethyl adjacent to an activating group) is 1. The second kappa shape index (κ2) is 7.21. The third-order valence-corrected chi connectivity index (χ3v) is 5.52. The summed E-state index contributed by atoms with van der Waals surface area (Å²) in [4.78, 5) is 16.6. The Hall–Kier alpha value is -1.57. The van der Waals surface area contributed by atoms with Gasteiger partial charge in [0.1, 0.15) is 0 Å². The van der Waals surface area contributed by atoms with Crippen molar-refractivity contribution >= 4 is 5.91 Å². The summed E-state index contributed by atoms with van der Waals surface area (Å²) in [7, 11) is 1.96. The molecule has 0 aliphatic carbocycles. The van der Waals surface area contributed by atoms with Crippen LogP contribution in [-0.2, 0) is 6.18 Å². The lowest BCUT2D eigenvalue weighted by Crippen LogP contribution is -2.40. The van der Waals surface area contributed by atoms with Crippen LogP contribution in [-0.4, -0.2) is 58.7 Å². The molecule has 0 bridgehead atoms. The third kappa shape index (κ3) is 3.75. The normalized spacial score (nSPS) is 25.5. The zero-order valence-corrected chi connectivity index (χ0v) is 15.6. The van der Waals surface area contributed by atoms with Crippen molar-refractivity contribution in [1.29, 1.82) is 0 Å². The maximum absolute atomic E-state index is 13.6. The zero-order valence-electron chi connectivity index (χ0n) is 15.6. The van der Waals surface area contributed by atoms with E-state index in [2.05, 4.69) is 10.00 Å². The van der Waals surface area contributed by atoms with E-state index in [9.17, 15) is 18.0 Å². The lowest BCUT2D eigenvalue weighted by Gasteiger charge is -2.32. The van der Waals surface area contributed by atoms with Gasteiger partial charge in [0.25, 0.3) is 5.91 Å². The van der Waals surface area contributed by atoms with Gasteiger partial charge in [-0.25, -0.2) is 0 Å². The summed E-state index contributed by atoms with van der Waals surface area (Å²) in [6.07, 6.45) is -1.12. The quantitative estimate of drug-likeness (QED) is 0.800. The number of piperidine rings is 2. The van der Waals surface area contributed by atoms with E-state index in [1.807, 2.05) is 14.0 Å². The minimum Gasteiger partial charge on any atom is -0.338 e. The van der Waals surface area contributed by atoms with Gasteiger partial charge < -0.3 is 9.80 Å². The van der Waals surface area contributed by atoms with E-state index < -0.39 is 17.8 Å². The monoisotopic (exact) mass is 372 g/mol. The molecule has 3 rings (SSSR count). The molecule has 2 atom stereocenters. The Morgan fingerprint density at radius 2 is 1.85 bits per heavy atom. The average molecular weight is 372 g/mol. The molecule has 26 heavy (non-hydrogen) atoms. The number of amides is 1. The van der Waals surface area contributed by atoms with E-state index in [4.69, 9.17) is 0 Å². The summed E-state index contributed by atoms with van der Waals surface area (Å²) in [5.41, 5.74) is -0.966. The minimum atomic E-state index is -4.64. The summed E-state index contributed by atoms with van der Waals surface area (Å²) in [5.74, 6) is -0.221. The number of hydrogen-bond donors (Lipinski definition) is 0. The second-order valence-corrected chi connectivity index (χ2v) is 7.81. The fourth-order valence-electron chi connectivity index (χ4n) is 4.20. The van der Waals surface area contributed by atoms with Gasteiger partial charge in [-0.3, -0.25) is 9.48 Å². The summed E-state index contributed by atoms with van der Waals surface area (Å²) in [6.45, 7) is 6.22. The predicted octanol–water partition coefficient (Wildman–Crippen LogP) is 3.35. The summed E-state index contributed by atoms with van der Waals surface area (Å²) < 4.78 is 42.3. The van der Waals surface area contributed by atoms with Crippen molar-refractivity contribution in [3.8, 4) is 0 Å². The van der Waals surface area contributed by atoms with Gasteiger partial charge in [-0.05, 0) is 52.1 Å². The highest BCUT2D eigenvalue weighted by atomic mass is 19.4. The number of hydrogen-bond acceptors (Lipinski definition) is 3. The third-order valence-electron chi connectivity index (χ3n) is 5.52. The SMILES string of the molecule is Cc1c(C(=O)N2CCC[C@H](C)C2)c(C(F)(F)F)nn1[C@H]1CCCN(C)C1. The standard InChI is InChI=1S/C18H27F3N4O/c1-12-6-4-9-24(10-12)17(26)15-13(2)25(22-16(15)18(19,20)21)14-7-5-8-23(3)11-14/h12,14H,4-11H2,1-3H3/t12-,14-/m0/s1. The van der Waals surface area contributed by atoms with Gasteiger partial charge in [0.2, 0.25) is 0 Å². The molecule has 2 fully saturated rings. The number of halogens is 3. The van der Waals surface area contributed by atoms with Gasteiger partial charge >= 0.3 is 6.18 Å². The minimum absolute atomic E-state index is 0.128. The molecule has 3 heterocycles. The van der Waals surface area contributed by atoms with Crippen LogP contribution in [0.15, 0.2) is 0 Å². The van der Waals surface area contributed by atoms with Crippen molar-refractivity contribution in [2.24, 2.45) is 5.92 Å². The van der Waals surface area contributed by atoms with Crippen LogP contribution in [0.1, 0.15) is 60.4 Å². The Balaban J connectivity index is 1.98. The molecule has 1 amide bonds. The summed E-state index contributed by atoms with van der Waals surface area (Å²) in [5, 5.41) is 3.89. The first-order valence-electron chi connectivity index (χ1n) is 9.32. The van der Waals surface area contributed by atoms with Crippen LogP contribution in [0.3, 0.4) is 0 Å². The van der Waals surface area contributed by atoms with E-state index >= 15 is 0 Å². The van der Waals surface area contributed by atoms with Crippen LogP contribution in [0.4, 0.5) is 13.2 Å².